The molecule has 0 saturated carbocycles. The van der Waals surface area contributed by atoms with Crippen LogP contribution in [0.4, 0.5) is 10.5 Å². The summed E-state index contributed by atoms with van der Waals surface area (Å²) in [6, 6.07) is 13.4. The molecule has 0 aromatic heterocycles. The van der Waals surface area contributed by atoms with Crippen LogP contribution in [-0.2, 0) is 11.3 Å². The summed E-state index contributed by atoms with van der Waals surface area (Å²) in [7, 11) is 3.44. The fraction of sp³-hybridized carbons (Fsp3) is 0.440. The molecule has 3 heterocycles. The van der Waals surface area contributed by atoms with Crippen molar-refractivity contribution in [3.05, 3.63) is 59.2 Å². The molecule has 0 bridgehead atoms. The first-order valence-electron chi connectivity index (χ1n) is 11.5. The average Bonchev–Trinajstić information content (AvgIpc) is 3.22. The Balaban J connectivity index is 1.43. The third kappa shape index (κ3) is 3.63. The number of rotatable bonds is 4. The SMILES string of the molecule is COc1ccc(N2CCCN3C4C(=O)N(Cc5cc(C)ccc5C)C(=O)N(C)C4NC23)cc1. The number of imide groups is 1. The number of benzene rings is 2. The Morgan fingerprint density at radius 2 is 1.82 bits per heavy atom. The summed E-state index contributed by atoms with van der Waals surface area (Å²) in [6.07, 6.45) is 0.431. The van der Waals surface area contributed by atoms with Crippen molar-refractivity contribution < 1.29 is 14.3 Å². The first-order valence-corrected chi connectivity index (χ1v) is 11.5. The van der Waals surface area contributed by atoms with Gasteiger partial charge in [0.1, 0.15) is 24.2 Å². The molecule has 5 rings (SSSR count). The highest BCUT2D eigenvalue weighted by atomic mass is 16.5. The standard InChI is InChI=1S/C25H31N5O3/c1-16-6-7-17(2)18(14-16)15-30-23(31)21-22(27(3)25(30)32)26-24-28(12-5-13-29(21)24)19-8-10-20(33-4)11-9-19/h6-11,14,21-22,24,26H,5,12-13,15H2,1-4H3. The van der Waals surface area contributed by atoms with Gasteiger partial charge >= 0.3 is 6.03 Å². The lowest BCUT2D eigenvalue weighted by Gasteiger charge is -2.44. The highest BCUT2D eigenvalue weighted by Gasteiger charge is 2.56. The molecule has 2 aromatic carbocycles. The molecule has 3 aliphatic heterocycles. The van der Waals surface area contributed by atoms with Crippen LogP contribution in [0.2, 0.25) is 0 Å². The monoisotopic (exact) mass is 449 g/mol. The van der Waals surface area contributed by atoms with Gasteiger partial charge in [0, 0.05) is 25.8 Å². The summed E-state index contributed by atoms with van der Waals surface area (Å²) >= 11 is 0. The van der Waals surface area contributed by atoms with E-state index in [0.29, 0.717) is 6.54 Å². The number of likely N-dealkylation sites (N-methyl/N-ethyl adjacent to an activating group) is 1. The zero-order chi connectivity index (χ0) is 23.3. The average molecular weight is 450 g/mol. The highest BCUT2D eigenvalue weighted by Crippen LogP contribution is 2.34. The molecular weight excluding hydrogens is 418 g/mol. The molecule has 3 unspecified atom stereocenters. The predicted octanol–water partition coefficient (Wildman–Crippen LogP) is 2.50. The van der Waals surface area contributed by atoms with Crippen molar-refractivity contribution in [3.8, 4) is 5.75 Å². The fourth-order valence-electron chi connectivity index (χ4n) is 5.24. The van der Waals surface area contributed by atoms with Gasteiger partial charge in [-0.05, 0) is 55.7 Å². The maximum absolute atomic E-state index is 13.7. The number of nitrogens with one attached hydrogen (secondary N) is 1. The number of carbonyl (C=O) groups is 2. The van der Waals surface area contributed by atoms with Crippen LogP contribution in [-0.4, -0.2) is 72.4 Å². The van der Waals surface area contributed by atoms with Crippen LogP contribution in [0, 0.1) is 13.8 Å². The number of ether oxygens (including phenoxy) is 1. The van der Waals surface area contributed by atoms with E-state index in [-0.39, 0.29) is 24.4 Å². The lowest BCUT2D eigenvalue weighted by atomic mass is 10.0. The Kier molecular flexibility index (Phi) is 5.50. The third-order valence-corrected chi connectivity index (χ3v) is 7.11. The number of carbonyl (C=O) groups excluding carboxylic acids is 2. The molecular formula is C25H31N5O3. The van der Waals surface area contributed by atoms with Crippen molar-refractivity contribution in [1.82, 2.24) is 20.0 Å². The Labute approximate surface area is 194 Å². The van der Waals surface area contributed by atoms with Crippen LogP contribution in [0.3, 0.4) is 0 Å². The Bertz CT molecular complexity index is 1070. The van der Waals surface area contributed by atoms with Gasteiger partial charge in [0.25, 0.3) is 5.91 Å². The molecule has 3 atom stereocenters. The molecule has 0 radical (unpaired) electrons. The second-order valence-electron chi connectivity index (χ2n) is 9.16. The van der Waals surface area contributed by atoms with E-state index in [0.717, 1.165) is 47.6 Å². The van der Waals surface area contributed by atoms with Crippen LogP contribution in [0.25, 0.3) is 0 Å². The van der Waals surface area contributed by atoms with Crippen molar-refractivity contribution in [3.63, 3.8) is 0 Å². The lowest BCUT2D eigenvalue weighted by Crippen LogP contribution is -2.66. The molecule has 1 N–H and O–H groups in total. The van der Waals surface area contributed by atoms with Gasteiger partial charge in [0.05, 0.1) is 13.7 Å². The number of amides is 3. The summed E-state index contributed by atoms with van der Waals surface area (Å²) in [5.74, 6) is 0.679. The summed E-state index contributed by atoms with van der Waals surface area (Å²) in [6.45, 7) is 6.01. The molecule has 174 valence electrons. The smallest absolute Gasteiger partial charge is 0.328 e. The summed E-state index contributed by atoms with van der Waals surface area (Å²) in [5, 5.41) is 3.57. The van der Waals surface area contributed by atoms with Gasteiger partial charge in [-0.15, -0.1) is 0 Å². The zero-order valence-corrected chi connectivity index (χ0v) is 19.6. The third-order valence-electron chi connectivity index (χ3n) is 7.11. The van der Waals surface area contributed by atoms with Gasteiger partial charge in [-0.25, -0.2) is 4.79 Å². The van der Waals surface area contributed by atoms with E-state index in [2.05, 4.69) is 21.2 Å². The van der Waals surface area contributed by atoms with Crippen LogP contribution in [0.15, 0.2) is 42.5 Å². The van der Waals surface area contributed by atoms with E-state index in [9.17, 15) is 9.59 Å². The van der Waals surface area contributed by atoms with E-state index in [1.807, 2.05) is 50.2 Å². The topological polar surface area (TPSA) is 68.4 Å². The van der Waals surface area contributed by atoms with Gasteiger partial charge in [-0.2, -0.15) is 0 Å². The molecule has 0 spiro atoms. The normalized spacial score (nSPS) is 25.3. The minimum atomic E-state index is -0.413. The maximum Gasteiger partial charge on any atom is 0.328 e. The molecule has 3 amide bonds. The van der Waals surface area contributed by atoms with Gasteiger partial charge in [0.2, 0.25) is 0 Å². The minimum Gasteiger partial charge on any atom is -0.497 e. The molecule has 8 heteroatoms. The highest BCUT2D eigenvalue weighted by molar-refractivity contribution is 6.00. The zero-order valence-electron chi connectivity index (χ0n) is 19.6. The van der Waals surface area contributed by atoms with E-state index >= 15 is 0 Å². The van der Waals surface area contributed by atoms with Crippen molar-refractivity contribution in [1.29, 1.82) is 0 Å². The first kappa shape index (κ1) is 21.7. The number of urea groups is 1. The van der Waals surface area contributed by atoms with E-state index in [1.165, 1.54) is 4.90 Å². The van der Waals surface area contributed by atoms with Gasteiger partial charge in [-0.1, -0.05) is 23.8 Å². The number of anilines is 1. The van der Waals surface area contributed by atoms with Crippen LogP contribution >= 0.6 is 0 Å². The van der Waals surface area contributed by atoms with Crippen LogP contribution in [0.1, 0.15) is 23.1 Å². The second kappa shape index (κ2) is 8.35. The van der Waals surface area contributed by atoms with Crippen molar-refractivity contribution in [2.45, 2.75) is 45.3 Å². The maximum atomic E-state index is 13.7. The number of aryl methyl sites for hydroxylation is 2. The van der Waals surface area contributed by atoms with Crippen molar-refractivity contribution in [2.75, 3.05) is 32.1 Å². The number of hydrogen-bond acceptors (Lipinski definition) is 6. The number of nitrogens with zero attached hydrogens (tertiary/aromatic N) is 4. The van der Waals surface area contributed by atoms with E-state index in [1.54, 1.807) is 19.1 Å². The summed E-state index contributed by atoms with van der Waals surface area (Å²) in [4.78, 5) is 34.5. The number of methoxy groups -OCH3 is 1. The largest absolute Gasteiger partial charge is 0.497 e. The van der Waals surface area contributed by atoms with Crippen LogP contribution in [0.5, 0.6) is 5.75 Å². The lowest BCUT2D eigenvalue weighted by molar-refractivity contribution is -0.139. The van der Waals surface area contributed by atoms with Gasteiger partial charge in [-0.3, -0.25) is 19.9 Å². The Hall–Kier alpha value is -3.10. The molecule has 2 aromatic rings. The molecule has 8 nitrogen and oxygen atoms in total. The summed E-state index contributed by atoms with van der Waals surface area (Å²) < 4.78 is 5.30. The van der Waals surface area contributed by atoms with Crippen LogP contribution < -0.4 is 15.0 Å². The molecule has 3 fully saturated rings. The van der Waals surface area contributed by atoms with Gasteiger partial charge in [0.15, 0.2) is 0 Å². The Morgan fingerprint density at radius 1 is 1.06 bits per heavy atom. The predicted molar refractivity (Wildman–Crippen MR) is 126 cm³/mol. The second-order valence-corrected chi connectivity index (χ2v) is 9.16. The quantitative estimate of drug-likeness (QED) is 0.774. The molecule has 3 saturated heterocycles. The molecule has 33 heavy (non-hydrogen) atoms. The van der Waals surface area contributed by atoms with Crippen molar-refractivity contribution >= 4 is 17.6 Å². The van der Waals surface area contributed by atoms with E-state index in [4.69, 9.17) is 4.74 Å². The van der Waals surface area contributed by atoms with E-state index < -0.39 is 6.04 Å². The summed E-state index contributed by atoms with van der Waals surface area (Å²) in [5.41, 5.74) is 4.26. The minimum absolute atomic E-state index is 0.129. The Morgan fingerprint density at radius 3 is 2.55 bits per heavy atom. The van der Waals surface area contributed by atoms with Gasteiger partial charge < -0.3 is 14.5 Å². The number of hydrogen-bond donors (Lipinski definition) is 1. The molecule has 0 aliphatic carbocycles. The first-order chi connectivity index (χ1) is 15.9. The van der Waals surface area contributed by atoms with Crippen molar-refractivity contribution in [2.24, 2.45) is 0 Å². The number of fused-ring (bicyclic) bond motifs is 3. The fourth-order valence-corrected chi connectivity index (χ4v) is 5.24. The molecule has 3 aliphatic rings.